The number of phenolic OH excluding ortho intramolecular Hbond substituents is 1. The summed E-state index contributed by atoms with van der Waals surface area (Å²) in [5, 5.41) is 9.34. The molecule has 0 heterocycles. The van der Waals surface area contributed by atoms with Gasteiger partial charge in [-0.15, -0.1) is 0 Å². The molecule has 6 nitrogen and oxygen atoms in total. The molecule has 0 radical (unpaired) electrons. The lowest BCUT2D eigenvalue weighted by molar-refractivity contribution is 0.0597. The van der Waals surface area contributed by atoms with Crippen LogP contribution in [-0.2, 0) is 14.8 Å². The first-order valence-electron chi connectivity index (χ1n) is 6.14. The standard InChI is InChI=1S/C14H11ClFNO5S/c1-22-14(19)10-7-9(3-5-13(10)18)23(20,21)17-8-2-4-12(16)11(15)6-8/h2-7,17-18H,1H3. The first kappa shape index (κ1) is 17.0. The zero-order chi connectivity index (χ0) is 17.2. The van der Waals surface area contributed by atoms with E-state index >= 15 is 0 Å². The number of phenols is 1. The number of halogens is 2. The van der Waals surface area contributed by atoms with E-state index in [1.807, 2.05) is 0 Å². The van der Waals surface area contributed by atoms with Crippen LogP contribution in [0.3, 0.4) is 0 Å². The van der Waals surface area contributed by atoms with Gasteiger partial charge in [0.15, 0.2) is 0 Å². The summed E-state index contributed by atoms with van der Waals surface area (Å²) in [6, 6.07) is 6.44. The fraction of sp³-hybridized carbons (Fsp3) is 0.0714. The molecule has 0 fully saturated rings. The molecule has 122 valence electrons. The Bertz CT molecular complexity index is 869. The Balaban J connectivity index is 2.39. The lowest BCUT2D eigenvalue weighted by Crippen LogP contribution is -2.14. The Labute approximate surface area is 136 Å². The second-order valence-electron chi connectivity index (χ2n) is 4.40. The van der Waals surface area contributed by atoms with E-state index in [0.717, 1.165) is 37.4 Å². The minimum Gasteiger partial charge on any atom is -0.507 e. The average Bonchev–Trinajstić information content (AvgIpc) is 2.50. The summed E-state index contributed by atoms with van der Waals surface area (Å²) >= 11 is 5.59. The van der Waals surface area contributed by atoms with E-state index in [0.29, 0.717) is 0 Å². The minimum atomic E-state index is -4.07. The van der Waals surface area contributed by atoms with Crippen LogP contribution in [0.5, 0.6) is 5.75 Å². The molecule has 0 amide bonds. The second kappa shape index (κ2) is 6.43. The number of nitrogens with one attached hydrogen (secondary N) is 1. The third-order valence-electron chi connectivity index (χ3n) is 2.86. The van der Waals surface area contributed by atoms with Crippen LogP contribution in [0.2, 0.25) is 5.02 Å². The van der Waals surface area contributed by atoms with E-state index in [2.05, 4.69) is 9.46 Å². The van der Waals surface area contributed by atoms with Crippen molar-refractivity contribution in [1.29, 1.82) is 0 Å². The lowest BCUT2D eigenvalue weighted by atomic mass is 10.2. The maximum atomic E-state index is 13.1. The van der Waals surface area contributed by atoms with Crippen molar-refractivity contribution in [2.24, 2.45) is 0 Å². The van der Waals surface area contributed by atoms with Gasteiger partial charge in [-0.2, -0.15) is 0 Å². The monoisotopic (exact) mass is 359 g/mol. The van der Waals surface area contributed by atoms with Crippen molar-refractivity contribution < 1.29 is 27.4 Å². The van der Waals surface area contributed by atoms with E-state index in [9.17, 15) is 22.7 Å². The number of ether oxygens (including phenoxy) is 1. The smallest absolute Gasteiger partial charge is 0.341 e. The van der Waals surface area contributed by atoms with E-state index in [1.54, 1.807) is 0 Å². The van der Waals surface area contributed by atoms with Crippen molar-refractivity contribution in [2.45, 2.75) is 4.90 Å². The molecule has 2 aromatic carbocycles. The van der Waals surface area contributed by atoms with Gasteiger partial charge in [-0.1, -0.05) is 11.6 Å². The quantitative estimate of drug-likeness (QED) is 0.819. The Kier molecular flexibility index (Phi) is 4.76. The summed E-state index contributed by atoms with van der Waals surface area (Å²) in [4.78, 5) is 11.2. The van der Waals surface area contributed by atoms with Crippen LogP contribution in [0.25, 0.3) is 0 Å². The van der Waals surface area contributed by atoms with E-state index in [4.69, 9.17) is 11.6 Å². The molecule has 2 rings (SSSR count). The maximum absolute atomic E-state index is 13.1. The highest BCUT2D eigenvalue weighted by Gasteiger charge is 2.20. The number of hydrogen-bond donors (Lipinski definition) is 2. The normalized spacial score (nSPS) is 11.1. The van der Waals surface area contributed by atoms with Gasteiger partial charge in [0, 0.05) is 0 Å². The Morgan fingerprint density at radius 1 is 1.26 bits per heavy atom. The van der Waals surface area contributed by atoms with Gasteiger partial charge >= 0.3 is 5.97 Å². The van der Waals surface area contributed by atoms with Gasteiger partial charge in [-0.25, -0.2) is 17.6 Å². The van der Waals surface area contributed by atoms with E-state index < -0.39 is 27.6 Å². The molecule has 0 aromatic heterocycles. The van der Waals surface area contributed by atoms with Crippen LogP contribution in [0, 0.1) is 5.82 Å². The lowest BCUT2D eigenvalue weighted by Gasteiger charge is -2.10. The molecule has 0 saturated carbocycles. The number of sulfonamides is 1. The van der Waals surface area contributed by atoms with Gasteiger partial charge in [0.2, 0.25) is 0 Å². The Morgan fingerprint density at radius 3 is 2.57 bits per heavy atom. The van der Waals surface area contributed by atoms with Crippen molar-refractivity contribution in [3.8, 4) is 5.75 Å². The van der Waals surface area contributed by atoms with Crippen molar-refractivity contribution >= 4 is 33.3 Å². The number of rotatable bonds is 4. The third kappa shape index (κ3) is 3.72. The highest BCUT2D eigenvalue weighted by molar-refractivity contribution is 7.92. The van der Waals surface area contributed by atoms with Crippen LogP contribution in [-0.4, -0.2) is 26.6 Å². The molecule has 23 heavy (non-hydrogen) atoms. The van der Waals surface area contributed by atoms with Gasteiger partial charge in [0.25, 0.3) is 10.0 Å². The molecule has 0 aliphatic carbocycles. The first-order valence-corrected chi connectivity index (χ1v) is 8.00. The minimum absolute atomic E-state index is 0.0455. The number of carbonyl (C=O) groups excluding carboxylic acids is 1. The number of anilines is 1. The first-order chi connectivity index (χ1) is 10.7. The van der Waals surface area contributed by atoms with Crippen LogP contribution in [0.4, 0.5) is 10.1 Å². The molecule has 0 unspecified atom stereocenters. The van der Waals surface area contributed by atoms with Crippen LogP contribution >= 0.6 is 11.6 Å². The van der Waals surface area contributed by atoms with Gasteiger partial charge in [0.05, 0.1) is 22.7 Å². The van der Waals surface area contributed by atoms with Crippen molar-refractivity contribution in [1.82, 2.24) is 0 Å². The van der Waals surface area contributed by atoms with E-state index in [-0.39, 0.29) is 21.2 Å². The highest BCUT2D eigenvalue weighted by atomic mass is 35.5. The van der Waals surface area contributed by atoms with Gasteiger partial charge in [0.1, 0.15) is 17.1 Å². The zero-order valence-electron chi connectivity index (χ0n) is 11.7. The summed E-state index contributed by atoms with van der Waals surface area (Å²) in [7, 11) is -2.98. The topological polar surface area (TPSA) is 92.7 Å². The number of esters is 1. The van der Waals surface area contributed by atoms with E-state index in [1.165, 1.54) is 6.07 Å². The largest absolute Gasteiger partial charge is 0.507 e. The maximum Gasteiger partial charge on any atom is 0.341 e. The molecule has 2 N–H and O–H groups in total. The van der Waals surface area contributed by atoms with Crippen molar-refractivity contribution in [2.75, 3.05) is 11.8 Å². The summed E-state index contributed by atoms with van der Waals surface area (Å²) in [6.45, 7) is 0. The second-order valence-corrected chi connectivity index (χ2v) is 6.49. The molecule has 0 aliphatic heterocycles. The van der Waals surface area contributed by atoms with Crippen LogP contribution < -0.4 is 4.72 Å². The molecule has 0 aliphatic rings. The number of hydrogen-bond acceptors (Lipinski definition) is 5. The molecule has 0 atom stereocenters. The fourth-order valence-electron chi connectivity index (χ4n) is 1.73. The predicted molar refractivity (Wildman–Crippen MR) is 81.7 cm³/mol. The molecule has 0 saturated heterocycles. The summed E-state index contributed by atoms with van der Waals surface area (Å²) in [6.07, 6.45) is 0. The molecule has 2 aromatic rings. The number of aromatic hydroxyl groups is 1. The van der Waals surface area contributed by atoms with Crippen molar-refractivity contribution in [3.63, 3.8) is 0 Å². The number of carbonyl (C=O) groups is 1. The molecule has 9 heteroatoms. The van der Waals surface area contributed by atoms with Gasteiger partial charge in [-0.3, -0.25) is 4.72 Å². The Morgan fingerprint density at radius 2 is 1.96 bits per heavy atom. The molecule has 0 bridgehead atoms. The number of methoxy groups -OCH3 is 1. The fourth-order valence-corrected chi connectivity index (χ4v) is 2.99. The predicted octanol–water partition coefficient (Wildman–Crippen LogP) is 2.77. The summed E-state index contributed by atoms with van der Waals surface area (Å²) in [5.41, 5.74) is -0.253. The third-order valence-corrected chi connectivity index (χ3v) is 4.52. The van der Waals surface area contributed by atoms with Gasteiger partial charge in [-0.05, 0) is 36.4 Å². The summed E-state index contributed by atoms with van der Waals surface area (Å²) < 4.78 is 44.3. The molecular formula is C14H11ClFNO5S. The SMILES string of the molecule is COC(=O)c1cc(S(=O)(=O)Nc2ccc(F)c(Cl)c2)ccc1O. The Hall–Kier alpha value is -2.32. The zero-order valence-corrected chi connectivity index (χ0v) is 13.3. The molecular weight excluding hydrogens is 349 g/mol. The van der Waals surface area contributed by atoms with Crippen molar-refractivity contribution in [3.05, 3.63) is 52.8 Å². The van der Waals surface area contributed by atoms with Crippen LogP contribution in [0.15, 0.2) is 41.3 Å². The average molecular weight is 360 g/mol. The number of benzene rings is 2. The summed E-state index contributed by atoms with van der Waals surface area (Å²) in [5.74, 6) is -1.99. The van der Waals surface area contributed by atoms with Gasteiger partial charge < -0.3 is 9.84 Å². The molecule has 0 spiro atoms. The van der Waals surface area contributed by atoms with Crippen LogP contribution in [0.1, 0.15) is 10.4 Å². The highest BCUT2D eigenvalue weighted by Crippen LogP contribution is 2.25.